The molecule has 3 N–H and O–H groups in total. The number of anilines is 1. The van der Waals surface area contributed by atoms with Crippen LogP contribution in [-0.4, -0.2) is 5.91 Å². The molecule has 0 heterocycles. The first-order valence-corrected chi connectivity index (χ1v) is 6.43. The Bertz CT molecular complexity index is 599. The highest BCUT2D eigenvalue weighted by molar-refractivity contribution is 9.10. The van der Waals surface area contributed by atoms with Crippen LogP contribution >= 0.6 is 15.9 Å². The molecule has 0 unspecified atom stereocenters. The van der Waals surface area contributed by atoms with Crippen LogP contribution < -0.4 is 11.1 Å². The third-order valence-corrected chi connectivity index (χ3v) is 3.26. The maximum atomic E-state index is 13.1. The molecule has 1 amide bonds. The minimum Gasteiger partial charge on any atom is -0.381 e. The lowest BCUT2D eigenvalue weighted by molar-refractivity contribution is 0.100. The highest BCUT2D eigenvalue weighted by Gasteiger charge is 2.02. The van der Waals surface area contributed by atoms with Crippen molar-refractivity contribution in [2.45, 2.75) is 6.54 Å². The second-order valence-electron chi connectivity index (χ2n) is 4.04. The molecule has 19 heavy (non-hydrogen) atoms. The van der Waals surface area contributed by atoms with Crippen molar-refractivity contribution < 1.29 is 9.18 Å². The van der Waals surface area contributed by atoms with Crippen molar-refractivity contribution in [2.24, 2.45) is 5.73 Å². The molecule has 0 radical (unpaired) electrons. The molecule has 98 valence electrons. The number of primary amides is 1. The van der Waals surface area contributed by atoms with Crippen LogP contribution in [0.3, 0.4) is 0 Å². The van der Waals surface area contributed by atoms with E-state index in [1.807, 2.05) is 0 Å². The van der Waals surface area contributed by atoms with Gasteiger partial charge in [0.2, 0.25) is 5.91 Å². The van der Waals surface area contributed by atoms with Gasteiger partial charge < -0.3 is 11.1 Å². The second kappa shape index (κ2) is 5.84. The molecule has 0 bridgehead atoms. The zero-order valence-corrected chi connectivity index (χ0v) is 11.6. The molecule has 0 aliphatic carbocycles. The van der Waals surface area contributed by atoms with Crippen LogP contribution in [0.1, 0.15) is 15.9 Å². The summed E-state index contributed by atoms with van der Waals surface area (Å²) >= 11 is 3.14. The highest BCUT2D eigenvalue weighted by atomic mass is 79.9. The van der Waals surface area contributed by atoms with Gasteiger partial charge in [0.05, 0.1) is 4.47 Å². The van der Waals surface area contributed by atoms with Gasteiger partial charge in [-0.25, -0.2) is 4.39 Å². The lowest BCUT2D eigenvalue weighted by atomic mass is 10.2. The molecule has 0 aromatic heterocycles. The Labute approximate surface area is 118 Å². The SMILES string of the molecule is NC(=O)c1ccc(NCc2ccc(F)c(Br)c2)cc1. The van der Waals surface area contributed by atoms with E-state index in [-0.39, 0.29) is 5.82 Å². The van der Waals surface area contributed by atoms with Crippen molar-refractivity contribution in [1.82, 2.24) is 0 Å². The third kappa shape index (κ3) is 3.54. The van der Waals surface area contributed by atoms with Gasteiger partial charge in [0.25, 0.3) is 0 Å². The van der Waals surface area contributed by atoms with E-state index in [0.717, 1.165) is 11.3 Å². The van der Waals surface area contributed by atoms with E-state index in [2.05, 4.69) is 21.2 Å². The molecule has 0 atom stereocenters. The molecule has 2 aromatic carbocycles. The summed E-state index contributed by atoms with van der Waals surface area (Å²) < 4.78 is 13.5. The van der Waals surface area contributed by atoms with Gasteiger partial charge in [0.1, 0.15) is 5.82 Å². The predicted octanol–water partition coefficient (Wildman–Crippen LogP) is 3.30. The van der Waals surface area contributed by atoms with E-state index in [1.54, 1.807) is 36.4 Å². The van der Waals surface area contributed by atoms with Crippen LogP contribution in [-0.2, 0) is 6.54 Å². The molecular formula is C14H12BrFN2O. The summed E-state index contributed by atoms with van der Waals surface area (Å²) in [6.45, 7) is 0.564. The van der Waals surface area contributed by atoms with Crippen molar-refractivity contribution in [3.63, 3.8) is 0 Å². The normalized spacial score (nSPS) is 10.2. The van der Waals surface area contributed by atoms with Crippen LogP contribution in [0.5, 0.6) is 0 Å². The molecule has 3 nitrogen and oxygen atoms in total. The van der Waals surface area contributed by atoms with E-state index >= 15 is 0 Å². The van der Waals surface area contributed by atoms with Gasteiger partial charge in [-0.15, -0.1) is 0 Å². The molecule has 2 rings (SSSR count). The molecule has 0 saturated carbocycles. The largest absolute Gasteiger partial charge is 0.381 e. The van der Waals surface area contributed by atoms with Crippen LogP contribution in [0.2, 0.25) is 0 Å². The number of halogens is 2. The molecule has 0 fully saturated rings. The summed E-state index contributed by atoms with van der Waals surface area (Å²) in [6.07, 6.45) is 0. The van der Waals surface area contributed by atoms with Gasteiger partial charge in [-0.05, 0) is 57.9 Å². The van der Waals surface area contributed by atoms with Crippen molar-refractivity contribution in [1.29, 1.82) is 0 Å². The quantitative estimate of drug-likeness (QED) is 0.907. The molecular weight excluding hydrogens is 311 g/mol. The number of carbonyl (C=O) groups is 1. The Balaban J connectivity index is 2.01. The zero-order valence-electron chi connectivity index (χ0n) is 9.99. The summed E-state index contributed by atoms with van der Waals surface area (Å²) in [5.74, 6) is -0.733. The van der Waals surface area contributed by atoms with Crippen molar-refractivity contribution in [3.05, 3.63) is 63.9 Å². The molecule has 0 spiro atoms. The fourth-order valence-electron chi connectivity index (χ4n) is 1.61. The van der Waals surface area contributed by atoms with E-state index in [0.29, 0.717) is 16.6 Å². The minimum absolute atomic E-state index is 0.283. The smallest absolute Gasteiger partial charge is 0.248 e. The van der Waals surface area contributed by atoms with Gasteiger partial charge in [0.15, 0.2) is 0 Å². The first-order chi connectivity index (χ1) is 9.06. The Kier molecular flexibility index (Phi) is 4.16. The van der Waals surface area contributed by atoms with E-state index in [9.17, 15) is 9.18 Å². The van der Waals surface area contributed by atoms with E-state index in [1.165, 1.54) is 6.07 Å². The zero-order chi connectivity index (χ0) is 13.8. The third-order valence-electron chi connectivity index (χ3n) is 2.65. The Morgan fingerprint density at radius 1 is 1.21 bits per heavy atom. The van der Waals surface area contributed by atoms with Gasteiger partial charge in [-0.1, -0.05) is 6.07 Å². The fourth-order valence-corrected chi connectivity index (χ4v) is 2.03. The van der Waals surface area contributed by atoms with Gasteiger partial charge >= 0.3 is 0 Å². The van der Waals surface area contributed by atoms with Crippen molar-refractivity contribution >= 4 is 27.5 Å². The number of hydrogen-bond acceptors (Lipinski definition) is 2. The Morgan fingerprint density at radius 2 is 1.89 bits per heavy atom. The number of amides is 1. The highest BCUT2D eigenvalue weighted by Crippen LogP contribution is 2.18. The number of benzene rings is 2. The molecule has 0 saturated heterocycles. The Hall–Kier alpha value is -1.88. The predicted molar refractivity (Wildman–Crippen MR) is 76.4 cm³/mol. The maximum Gasteiger partial charge on any atom is 0.248 e. The minimum atomic E-state index is -0.450. The summed E-state index contributed by atoms with van der Waals surface area (Å²) in [5, 5.41) is 3.18. The van der Waals surface area contributed by atoms with Crippen LogP contribution in [0.4, 0.5) is 10.1 Å². The second-order valence-corrected chi connectivity index (χ2v) is 4.90. The number of rotatable bonds is 4. The number of nitrogens with one attached hydrogen (secondary N) is 1. The summed E-state index contributed by atoms with van der Waals surface area (Å²) in [7, 11) is 0. The molecule has 5 heteroatoms. The summed E-state index contributed by atoms with van der Waals surface area (Å²) in [6, 6.07) is 11.7. The average Bonchev–Trinajstić information content (AvgIpc) is 2.40. The van der Waals surface area contributed by atoms with Crippen LogP contribution in [0, 0.1) is 5.82 Å². The van der Waals surface area contributed by atoms with Crippen molar-refractivity contribution in [2.75, 3.05) is 5.32 Å². The maximum absolute atomic E-state index is 13.1. The van der Waals surface area contributed by atoms with Crippen LogP contribution in [0.25, 0.3) is 0 Å². The number of hydrogen-bond donors (Lipinski definition) is 2. The van der Waals surface area contributed by atoms with Gasteiger partial charge in [0, 0.05) is 17.8 Å². The topological polar surface area (TPSA) is 55.1 Å². The standard InChI is InChI=1S/C14H12BrFN2O/c15-12-7-9(1-6-13(12)16)8-18-11-4-2-10(3-5-11)14(17)19/h1-7,18H,8H2,(H2,17,19). The van der Waals surface area contributed by atoms with Crippen molar-refractivity contribution in [3.8, 4) is 0 Å². The van der Waals surface area contributed by atoms with Crippen LogP contribution in [0.15, 0.2) is 46.9 Å². The molecule has 0 aliphatic rings. The summed E-state index contributed by atoms with van der Waals surface area (Å²) in [4.78, 5) is 10.9. The number of carbonyl (C=O) groups excluding carboxylic acids is 1. The fraction of sp³-hybridized carbons (Fsp3) is 0.0714. The lowest BCUT2D eigenvalue weighted by Crippen LogP contribution is -2.10. The number of nitrogens with two attached hydrogens (primary N) is 1. The molecule has 2 aromatic rings. The monoisotopic (exact) mass is 322 g/mol. The average molecular weight is 323 g/mol. The van der Waals surface area contributed by atoms with E-state index in [4.69, 9.17) is 5.73 Å². The first kappa shape index (κ1) is 13.5. The lowest BCUT2D eigenvalue weighted by Gasteiger charge is -2.07. The van der Waals surface area contributed by atoms with Gasteiger partial charge in [-0.2, -0.15) is 0 Å². The molecule has 0 aliphatic heterocycles. The summed E-state index contributed by atoms with van der Waals surface area (Å²) in [5.41, 5.74) is 7.44. The first-order valence-electron chi connectivity index (χ1n) is 5.64. The Morgan fingerprint density at radius 3 is 2.47 bits per heavy atom. The van der Waals surface area contributed by atoms with Gasteiger partial charge in [-0.3, -0.25) is 4.79 Å². The van der Waals surface area contributed by atoms with E-state index < -0.39 is 5.91 Å².